The van der Waals surface area contributed by atoms with Gasteiger partial charge in [-0.1, -0.05) is 37.3 Å². The Labute approximate surface area is 199 Å². The monoisotopic (exact) mass is 505 g/mol. The van der Waals surface area contributed by atoms with Gasteiger partial charge in [0.1, 0.15) is 4.90 Å². The van der Waals surface area contributed by atoms with Gasteiger partial charge in [0.05, 0.1) is 16.6 Å². The van der Waals surface area contributed by atoms with Crippen LogP contribution in [0, 0.1) is 17.8 Å². The molecule has 182 valence electrons. The molecule has 0 radical (unpaired) electrons. The van der Waals surface area contributed by atoms with Crippen molar-refractivity contribution in [3.8, 4) is 17.6 Å². The predicted octanol–water partition coefficient (Wildman–Crippen LogP) is 2.38. The molecule has 9 nitrogen and oxygen atoms in total. The molecule has 0 aliphatic heterocycles. The topological polar surface area (TPSA) is 160 Å². The molecule has 1 aliphatic carbocycles. The maximum absolute atomic E-state index is 13.5. The van der Waals surface area contributed by atoms with Gasteiger partial charge in [0.25, 0.3) is 5.91 Å². The van der Waals surface area contributed by atoms with Crippen molar-refractivity contribution in [3.63, 3.8) is 0 Å². The van der Waals surface area contributed by atoms with Gasteiger partial charge in [-0.05, 0) is 50.8 Å². The molecule has 34 heavy (non-hydrogen) atoms. The Balaban J connectivity index is 2.26. The van der Waals surface area contributed by atoms with Gasteiger partial charge >= 0.3 is 0 Å². The van der Waals surface area contributed by atoms with Crippen molar-refractivity contribution in [2.45, 2.75) is 66.9 Å². The summed E-state index contributed by atoms with van der Waals surface area (Å²) in [5.41, 5.74) is 5.06. The molecule has 1 saturated carbocycles. The molecular weight excluding hydrogens is 478 g/mol. The van der Waals surface area contributed by atoms with Crippen molar-refractivity contribution in [3.05, 3.63) is 41.6 Å². The van der Waals surface area contributed by atoms with Crippen molar-refractivity contribution < 1.29 is 26.4 Å². The highest BCUT2D eigenvalue weighted by Crippen LogP contribution is 2.31. The molecule has 1 heterocycles. The number of pyridine rings is 1. The molecule has 1 aromatic carbocycles. The largest absolute Gasteiger partial charge is 0.488 e. The average molecular weight is 506 g/mol. The minimum absolute atomic E-state index is 0.0240. The van der Waals surface area contributed by atoms with E-state index in [1.807, 2.05) is 0 Å². The van der Waals surface area contributed by atoms with Crippen LogP contribution in [0.2, 0.25) is 0 Å². The fraction of sp³-hybridized carbons (Fsp3) is 0.391. The summed E-state index contributed by atoms with van der Waals surface area (Å²) in [6.45, 7) is 3.52. The standard InChI is InChI=1S/C23H27N3O6S2/c1-15(2)32-19-14-17(22(24)27)23(26-18(19)13-12-16-8-4-3-5-9-16)33(28,29)20-10-6-7-11-21(20)34(25,30)31/h6-7,10-11,14-16H,3-5,8-9H2,1-2H3,(H2,24,27)(H2,25,30,31). The summed E-state index contributed by atoms with van der Waals surface area (Å²) in [6.07, 6.45) is 4.82. The van der Waals surface area contributed by atoms with E-state index < -0.39 is 46.1 Å². The lowest BCUT2D eigenvalue weighted by Gasteiger charge is -2.17. The number of aromatic nitrogens is 1. The van der Waals surface area contributed by atoms with Crippen molar-refractivity contribution >= 4 is 25.8 Å². The van der Waals surface area contributed by atoms with Crippen LogP contribution in [0.15, 0.2) is 45.1 Å². The summed E-state index contributed by atoms with van der Waals surface area (Å²) < 4.78 is 56.9. The first-order valence-electron chi connectivity index (χ1n) is 10.8. The highest BCUT2D eigenvalue weighted by molar-refractivity contribution is 7.93. The van der Waals surface area contributed by atoms with E-state index in [2.05, 4.69) is 16.8 Å². The zero-order valence-corrected chi connectivity index (χ0v) is 20.6. The van der Waals surface area contributed by atoms with E-state index in [1.165, 1.54) is 18.2 Å². The number of amides is 1. The van der Waals surface area contributed by atoms with Crippen LogP contribution < -0.4 is 15.6 Å². The second-order valence-electron chi connectivity index (χ2n) is 8.32. The second-order valence-corrected chi connectivity index (χ2v) is 11.7. The van der Waals surface area contributed by atoms with E-state index >= 15 is 0 Å². The quantitative estimate of drug-likeness (QED) is 0.570. The van der Waals surface area contributed by atoms with Crippen molar-refractivity contribution in [1.29, 1.82) is 0 Å². The zero-order valence-electron chi connectivity index (χ0n) is 18.9. The van der Waals surface area contributed by atoms with E-state index in [0.29, 0.717) is 0 Å². The number of carbonyl (C=O) groups excluding carboxylic acids is 1. The fourth-order valence-electron chi connectivity index (χ4n) is 3.72. The lowest BCUT2D eigenvalue weighted by Crippen LogP contribution is -2.22. The van der Waals surface area contributed by atoms with Gasteiger partial charge in [-0.3, -0.25) is 4.79 Å². The zero-order chi connectivity index (χ0) is 25.1. The van der Waals surface area contributed by atoms with Gasteiger partial charge in [0, 0.05) is 5.92 Å². The van der Waals surface area contributed by atoms with Crippen LogP contribution in [0.5, 0.6) is 5.75 Å². The number of sulfone groups is 1. The van der Waals surface area contributed by atoms with E-state index in [1.54, 1.807) is 13.8 Å². The molecule has 1 amide bonds. The summed E-state index contributed by atoms with van der Waals surface area (Å²) in [6, 6.07) is 6.00. The molecule has 3 rings (SSSR count). The maximum Gasteiger partial charge on any atom is 0.251 e. The van der Waals surface area contributed by atoms with Crippen LogP contribution in [-0.2, 0) is 19.9 Å². The molecule has 0 spiro atoms. The normalized spacial score (nSPS) is 14.9. The molecule has 0 atom stereocenters. The van der Waals surface area contributed by atoms with Gasteiger partial charge in [0.2, 0.25) is 19.9 Å². The first-order valence-corrected chi connectivity index (χ1v) is 13.8. The Bertz CT molecular complexity index is 1370. The second kappa shape index (κ2) is 10.1. The predicted molar refractivity (Wildman–Crippen MR) is 125 cm³/mol. The molecule has 0 bridgehead atoms. The number of ether oxygens (including phenoxy) is 1. The van der Waals surface area contributed by atoms with Gasteiger partial charge in [-0.15, -0.1) is 0 Å². The van der Waals surface area contributed by atoms with Gasteiger partial charge < -0.3 is 10.5 Å². The molecular formula is C23H27N3O6S2. The van der Waals surface area contributed by atoms with E-state index in [0.717, 1.165) is 44.2 Å². The Morgan fingerprint density at radius 2 is 1.71 bits per heavy atom. The highest BCUT2D eigenvalue weighted by atomic mass is 32.2. The number of carbonyl (C=O) groups is 1. The first kappa shape index (κ1) is 25.7. The van der Waals surface area contributed by atoms with Crippen molar-refractivity contribution in [1.82, 2.24) is 4.98 Å². The van der Waals surface area contributed by atoms with Crippen molar-refractivity contribution in [2.75, 3.05) is 0 Å². The summed E-state index contributed by atoms with van der Waals surface area (Å²) in [4.78, 5) is 15.2. The van der Waals surface area contributed by atoms with Crippen molar-refractivity contribution in [2.24, 2.45) is 16.8 Å². The molecule has 0 saturated heterocycles. The van der Waals surface area contributed by atoms with E-state index in [9.17, 15) is 21.6 Å². The minimum atomic E-state index is -4.63. The average Bonchev–Trinajstić information content (AvgIpc) is 2.77. The maximum atomic E-state index is 13.5. The molecule has 1 fully saturated rings. The summed E-state index contributed by atoms with van der Waals surface area (Å²) in [5, 5.41) is 4.51. The summed E-state index contributed by atoms with van der Waals surface area (Å²) >= 11 is 0. The third-order valence-corrected chi connectivity index (χ3v) is 8.13. The number of nitrogens with zero attached hydrogens (tertiary/aromatic N) is 1. The van der Waals surface area contributed by atoms with Gasteiger partial charge in [-0.25, -0.2) is 27.0 Å². The molecule has 2 aromatic rings. The number of hydrogen-bond acceptors (Lipinski definition) is 7. The fourth-order valence-corrected chi connectivity index (χ4v) is 6.48. The van der Waals surface area contributed by atoms with Crippen LogP contribution in [0.3, 0.4) is 0 Å². The molecule has 1 aromatic heterocycles. The lowest BCUT2D eigenvalue weighted by atomic mass is 9.90. The van der Waals surface area contributed by atoms with Crippen LogP contribution in [0.4, 0.5) is 0 Å². The highest BCUT2D eigenvalue weighted by Gasteiger charge is 2.32. The van der Waals surface area contributed by atoms with Crippen LogP contribution >= 0.6 is 0 Å². The molecule has 1 aliphatic rings. The summed E-state index contributed by atoms with van der Waals surface area (Å²) in [5.74, 6) is 5.24. The smallest absolute Gasteiger partial charge is 0.251 e. The number of hydrogen-bond donors (Lipinski definition) is 2. The van der Waals surface area contributed by atoms with Gasteiger partial charge in [0.15, 0.2) is 16.5 Å². The summed E-state index contributed by atoms with van der Waals surface area (Å²) in [7, 11) is -9.03. The van der Waals surface area contributed by atoms with Gasteiger partial charge in [-0.2, -0.15) is 0 Å². The SMILES string of the molecule is CC(C)Oc1cc(C(N)=O)c(S(=O)(=O)c2ccccc2S(N)(=O)=O)nc1C#CC1CCCCC1. The number of primary sulfonamides is 1. The van der Waals surface area contributed by atoms with Crippen LogP contribution in [0.25, 0.3) is 0 Å². The lowest BCUT2D eigenvalue weighted by molar-refractivity contribution is 0.0995. The third-order valence-electron chi connectivity index (χ3n) is 5.28. The van der Waals surface area contributed by atoms with Crippen LogP contribution in [0.1, 0.15) is 62.0 Å². The Hall–Kier alpha value is -2.94. The molecule has 0 unspecified atom stereocenters. The number of sulfonamides is 1. The number of nitrogens with two attached hydrogens (primary N) is 2. The molecule has 11 heteroatoms. The first-order chi connectivity index (χ1) is 15.9. The van der Waals surface area contributed by atoms with E-state index in [-0.39, 0.29) is 23.5 Å². The minimum Gasteiger partial charge on any atom is -0.488 e. The van der Waals surface area contributed by atoms with E-state index in [4.69, 9.17) is 15.6 Å². The Morgan fingerprint density at radius 1 is 1.09 bits per heavy atom. The number of primary amides is 1. The number of benzene rings is 1. The Kier molecular flexibility index (Phi) is 7.65. The molecule has 4 N–H and O–H groups in total. The number of rotatable bonds is 6. The Morgan fingerprint density at radius 3 is 2.26 bits per heavy atom. The van der Waals surface area contributed by atoms with Crippen LogP contribution in [-0.4, -0.2) is 33.8 Å². The third kappa shape index (κ3) is 5.75.